The van der Waals surface area contributed by atoms with Gasteiger partial charge in [-0.05, 0) is 30.3 Å². The molecule has 1 heterocycles. The Bertz CT molecular complexity index is 1150. The van der Waals surface area contributed by atoms with Crippen LogP contribution in [0, 0.1) is 0 Å². The summed E-state index contributed by atoms with van der Waals surface area (Å²) < 4.78 is 10.6. The van der Waals surface area contributed by atoms with Crippen LogP contribution in [-0.4, -0.2) is 26.0 Å². The molecule has 2 amide bonds. The number of ether oxygens (including phenoxy) is 2. The van der Waals surface area contributed by atoms with Gasteiger partial charge in [-0.3, -0.25) is 14.5 Å². The molecule has 1 aliphatic heterocycles. The van der Waals surface area contributed by atoms with Crippen molar-refractivity contribution in [2.24, 2.45) is 0 Å². The molecule has 3 aromatic carbocycles. The molecule has 1 fully saturated rings. The van der Waals surface area contributed by atoms with E-state index in [1.807, 2.05) is 0 Å². The minimum Gasteiger partial charge on any atom is -0.497 e. The molecule has 31 heavy (non-hydrogen) atoms. The number of nitrogens with one attached hydrogen (secondary N) is 1. The number of benzene rings is 3. The van der Waals surface area contributed by atoms with E-state index >= 15 is 0 Å². The lowest BCUT2D eigenvalue weighted by Gasteiger charge is -2.51. The van der Waals surface area contributed by atoms with E-state index in [0.29, 0.717) is 33.5 Å². The number of amides is 2. The number of hydrogen-bond donors (Lipinski definition) is 1. The van der Waals surface area contributed by atoms with Crippen molar-refractivity contribution in [2.75, 3.05) is 24.4 Å². The van der Waals surface area contributed by atoms with Crippen LogP contribution in [0.4, 0.5) is 11.4 Å². The molecule has 1 unspecified atom stereocenters. The third-order valence-corrected chi connectivity index (χ3v) is 5.70. The highest BCUT2D eigenvalue weighted by Gasteiger charge is 2.59. The molecule has 158 valence electrons. The molecule has 1 N–H and O–H groups in total. The van der Waals surface area contributed by atoms with Gasteiger partial charge in [-0.2, -0.15) is 0 Å². The van der Waals surface area contributed by atoms with E-state index in [1.165, 1.54) is 4.90 Å². The van der Waals surface area contributed by atoms with Crippen LogP contribution in [0.3, 0.4) is 0 Å². The van der Waals surface area contributed by atoms with E-state index in [0.717, 1.165) is 0 Å². The first kappa shape index (κ1) is 20.8. The van der Waals surface area contributed by atoms with Gasteiger partial charge in [-0.15, -0.1) is 0 Å². The zero-order valence-electron chi connectivity index (χ0n) is 17.1. The van der Waals surface area contributed by atoms with Crippen molar-refractivity contribution in [3.05, 3.63) is 83.4 Å². The molecule has 1 aliphatic rings. The number of halogens is 1. The lowest BCUT2D eigenvalue weighted by molar-refractivity contribution is -0.137. The van der Waals surface area contributed by atoms with Gasteiger partial charge < -0.3 is 14.8 Å². The largest absolute Gasteiger partial charge is 0.497 e. The van der Waals surface area contributed by atoms with E-state index in [1.54, 1.807) is 87.0 Å². The second kappa shape index (κ2) is 8.32. The van der Waals surface area contributed by atoms with Crippen molar-refractivity contribution < 1.29 is 19.1 Å². The molecular weight excluding hydrogens is 416 g/mol. The van der Waals surface area contributed by atoms with Crippen molar-refractivity contribution in [3.63, 3.8) is 0 Å². The average molecular weight is 437 g/mol. The zero-order chi connectivity index (χ0) is 22.0. The number of carbonyl (C=O) groups excluding carboxylic acids is 2. The smallest absolute Gasteiger partial charge is 0.255 e. The Balaban J connectivity index is 1.81. The molecular formula is C24H21ClN2O4. The Morgan fingerprint density at radius 1 is 0.968 bits per heavy atom. The second-order valence-corrected chi connectivity index (χ2v) is 7.54. The van der Waals surface area contributed by atoms with Gasteiger partial charge in [-0.25, -0.2) is 0 Å². The van der Waals surface area contributed by atoms with Crippen LogP contribution in [0.25, 0.3) is 0 Å². The minimum atomic E-state index is -1.30. The highest BCUT2D eigenvalue weighted by molar-refractivity contribution is 6.32. The van der Waals surface area contributed by atoms with Crippen LogP contribution in [-0.2, 0) is 15.1 Å². The predicted molar refractivity (Wildman–Crippen MR) is 120 cm³/mol. The third kappa shape index (κ3) is 3.59. The number of anilines is 2. The summed E-state index contributed by atoms with van der Waals surface area (Å²) in [4.78, 5) is 28.0. The Hall–Kier alpha value is -3.51. The van der Waals surface area contributed by atoms with Crippen LogP contribution < -0.4 is 19.7 Å². The van der Waals surface area contributed by atoms with Crippen LogP contribution in [0.15, 0.2) is 72.8 Å². The normalized spacial score (nSPS) is 17.6. The van der Waals surface area contributed by atoms with Crippen molar-refractivity contribution in [3.8, 4) is 11.5 Å². The van der Waals surface area contributed by atoms with Gasteiger partial charge in [0.05, 0.1) is 20.6 Å². The molecule has 0 aliphatic carbocycles. The molecule has 3 aromatic rings. The van der Waals surface area contributed by atoms with Crippen LogP contribution in [0.2, 0.25) is 5.02 Å². The van der Waals surface area contributed by atoms with Gasteiger partial charge >= 0.3 is 0 Å². The van der Waals surface area contributed by atoms with Gasteiger partial charge in [0.2, 0.25) is 5.91 Å². The van der Waals surface area contributed by atoms with E-state index in [9.17, 15) is 9.59 Å². The van der Waals surface area contributed by atoms with Gasteiger partial charge in [0.15, 0.2) is 5.54 Å². The molecule has 4 rings (SSSR count). The maximum absolute atomic E-state index is 13.7. The predicted octanol–water partition coefficient (Wildman–Crippen LogP) is 4.63. The number of rotatable bonds is 6. The molecule has 0 radical (unpaired) electrons. The number of hydrogen-bond acceptors (Lipinski definition) is 4. The summed E-state index contributed by atoms with van der Waals surface area (Å²) in [6.07, 6.45) is -0.0102. The third-order valence-electron chi connectivity index (χ3n) is 5.37. The minimum absolute atomic E-state index is 0.0102. The molecule has 1 saturated heterocycles. The summed E-state index contributed by atoms with van der Waals surface area (Å²) in [5.41, 5.74) is 0.363. The topological polar surface area (TPSA) is 67.9 Å². The fourth-order valence-electron chi connectivity index (χ4n) is 3.86. The molecule has 7 heteroatoms. The Morgan fingerprint density at radius 2 is 1.65 bits per heavy atom. The fourth-order valence-corrected chi connectivity index (χ4v) is 4.16. The Morgan fingerprint density at radius 3 is 2.32 bits per heavy atom. The summed E-state index contributed by atoms with van der Waals surface area (Å²) in [6.45, 7) is 0. The van der Waals surface area contributed by atoms with E-state index in [4.69, 9.17) is 21.1 Å². The first-order chi connectivity index (χ1) is 15.0. The summed E-state index contributed by atoms with van der Waals surface area (Å²) >= 11 is 6.51. The molecule has 6 nitrogen and oxygen atoms in total. The highest BCUT2D eigenvalue weighted by Crippen LogP contribution is 2.48. The van der Waals surface area contributed by atoms with Gasteiger partial charge in [0, 0.05) is 34.1 Å². The number of methoxy groups -OCH3 is 2. The van der Waals surface area contributed by atoms with E-state index in [-0.39, 0.29) is 18.2 Å². The first-order valence-electron chi connectivity index (χ1n) is 9.67. The summed E-state index contributed by atoms with van der Waals surface area (Å²) in [5, 5.41) is 3.34. The number of carbonyl (C=O) groups is 2. The fraction of sp³-hybridized carbons (Fsp3) is 0.167. The van der Waals surface area contributed by atoms with E-state index in [2.05, 4.69) is 5.32 Å². The quantitative estimate of drug-likeness (QED) is 0.572. The standard InChI is InChI=1S/C24H21ClN2O4/c1-30-18-9-5-7-16(13-18)26-23(29)24(20-11-3-4-12-21(20)25)15-22(28)27(24)17-8-6-10-19(14-17)31-2/h3-14H,15H2,1-2H3,(H,26,29). The maximum atomic E-state index is 13.7. The van der Waals surface area contributed by atoms with Crippen molar-refractivity contribution in [2.45, 2.75) is 12.0 Å². The monoisotopic (exact) mass is 436 g/mol. The van der Waals surface area contributed by atoms with E-state index < -0.39 is 5.54 Å². The number of β-lactam (4-membered cyclic amide) rings is 1. The Labute approximate surface area is 185 Å². The van der Waals surface area contributed by atoms with Gasteiger partial charge in [0.25, 0.3) is 5.91 Å². The summed E-state index contributed by atoms with van der Waals surface area (Å²) in [7, 11) is 3.11. The van der Waals surface area contributed by atoms with Crippen LogP contribution >= 0.6 is 11.6 Å². The van der Waals surface area contributed by atoms with Crippen LogP contribution in [0.1, 0.15) is 12.0 Å². The molecule has 0 saturated carbocycles. The summed E-state index contributed by atoms with van der Waals surface area (Å²) in [5.74, 6) is 0.641. The second-order valence-electron chi connectivity index (χ2n) is 7.13. The highest BCUT2D eigenvalue weighted by atomic mass is 35.5. The van der Waals surface area contributed by atoms with Gasteiger partial charge in [-0.1, -0.05) is 41.9 Å². The number of nitrogens with zero attached hydrogens (tertiary/aromatic N) is 1. The Kier molecular flexibility index (Phi) is 5.57. The lowest BCUT2D eigenvalue weighted by atomic mass is 9.76. The summed E-state index contributed by atoms with van der Waals surface area (Å²) in [6, 6.07) is 21.2. The van der Waals surface area contributed by atoms with Crippen molar-refractivity contribution >= 4 is 34.8 Å². The maximum Gasteiger partial charge on any atom is 0.255 e. The SMILES string of the molecule is COc1cccc(NC(=O)C2(c3ccccc3Cl)CC(=O)N2c2cccc(OC)c2)c1. The molecule has 0 aromatic heterocycles. The average Bonchev–Trinajstić information content (AvgIpc) is 2.78. The molecule has 0 bridgehead atoms. The lowest BCUT2D eigenvalue weighted by Crippen LogP contribution is -2.67. The first-order valence-corrected chi connectivity index (χ1v) is 10.0. The van der Waals surface area contributed by atoms with Crippen molar-refractivity contribution in [1.29, 1.82) is 0 Å². The van der Waals surface area contributed by atoms with Crippen molar-refractivity contribution in [1.82, 2.24) is 0 Å². The van der Waals surface area contributed by atoms with Gasteiger partial charge in [0.1, 0.15) is 11.5 Å². The molecule has 1 atom stereocenters. The zero-order valence-corrected chi connectivity index (χ0v) is 17.8. The van der Waals surface area contributed by atoms with Crippen LogP contribution in [0.5, 0.6) is 11.5 Å². The molecule has 0 spiro atoms.